The minimum Gasteiger partial charge on any atom is -0.312 e. The number of benzene rings is 2. The summed E-state index contributed by atoms with van der Waals surface area (Å²) in [5, 5.41) is 0. The fourth-order valence-electron chi connectivity index (χ4n) is 3.71. The maximum absolute atomic E-state index is 12.7. The lowest BCUT2D eigenvalue weighted by molar-refractivity contribution is -0.117. The molecule has 8 heteroatoms. The zero-order valence-electron chi connectivity index (χ0n) is 15.5. The van der Waals surface area contributed by atoms with Crippen molar-refractivity contribution >= 4 is 38.9 Å². The Morgan fingerprint density at radius 2 is 1.79 bits per heavy atom. The number of rotatable bonds is 4. The Labute approximate surface area is 164 Å². The summed E-state index contributed by atoms with van der Waals surface area (Å²) >= 11 is 0. The van der Waals surface area contributed by atoms with E-state index in [4.69, 9.17) is 0 Å². The lowest BCUT2D eigenvalue weighted by Crippen LogP contribution is -2.25. The Morgan fingerprint density at radius 1 is 1.04 bits per heavy atom. The second kappa shape index (κ2) is 6.94. The average Bonchev–Trinajstić information content (AvgIpc) is 3.27. The fraction of sp³-hybridized carbons (Fsp3) is 0.300. The van der Waals surface area contributed by atoms with Crippen molar-refractivity contribution in [1.82, 2.24) is 0 Å². The van der Waals surface area contributed by atoms with Crippen molar-refractivity contribution in [1.29, 1.82) is 0 Å². The van der Waals surface area contributed by atoms with Gasteiger partial charge in [0, 0.05) is 37.8 Å². The van der Waals surface area contributed by atoms with E-state index >= 15 is 0 Å². The molecule has 0 spiro atoms. The van der Waals surface area contributed by atoms with E-state index in [1.165, 1.54) is 19.1 Å². The van der Waals surface area contributed by atoms with Gasteiger partial charge in [0.1, 0.15) is 0 Å². The van der Waals surface area contributed by atoms with Gasteiger partial charge in [0.05, 0.1) is 10.6 Å². The monoisotopic (exact) mass is 399 g/mol. The predicted octanol–water partition coefficient (Wildman–Crippen LogP) is 2.52. The highest BCUT2D eigenvalue weighted by atomic mass is 32.2. The van der Waals surface area contributed by atoms with Gasteiger partial charge in [-0.3, -0.25) is 14.3 Å². The SMILES string of the molecule is CC(=O)N1CCc2ccc(NS(=O)(=O)c3ccc(N4CCCC4=O)cc3)cc21. The van der Waals surface area contributed by atoms with E-state index in [0.717, 1.165) is 24.1 Å². The summed E-state index contributed by atoms with van der Waals surface area (Å²) in [4.78, 5) is 27.0. The molecule has 2 heterocycles. The minimum absolute atomic E-state index is 0.0573. The lowest BCUT2D eigenvalue weighted by atomic mass is 10.1. The number of hydrogen-bond donors (Lipinski definition) is 1. The van der Waals surface area contributed by atoms with Crippen LogP contribution in [0.3, 0.4) is 0 Å². The fourth-order valence-corrected chi connectivity index (χ4v) is 4.76. The maximum atomic E-state index is 12.7. The molecule has 2 amide bonds. The summed E-state index contributed by atoms with van der Waals surface area (Å²) < 4.78 is 28.1. The highest BCUT2D eigenvalue weighted by Crippen LogP contribution is 2.32. The number of nitrogens with one attached hydrogen (secondary N) is 1. The van der Waals surface area contributed by atoms with Crippen molar-refractivity contribution < 1.29 is 18.0 Å². The van der Waals surface area contributed by atoms with Gasteiger partial charge in [-0.1, -0.05) is 6.07 Å². The number of carbonyl (C=O) groups is 2. The third kappa shape index (κ3) is 3.35. The number of anilines is 3. The van der Waals surface area contributed by atoms with Crippen LogP contribution >= 0.6 is 0 Å². The van der Waals surface area contributed by atoms with Crippen LogP contribution in [0.15, 0.2) is 47.4 Å². The number of hydrogen-bond acceptors (Lipinski definition) is 4. The normalized spacial score (nSPS) is 16.4. The molecule has 1 N–H and O–H groups in total. The first-order chi connectivity index (χ1) is 13.3. The van der Waals surface area contributed by atoms with Crippen molar-refractivity contribution in [2.24, 2.45) is 0 Å². The summed E-state index contributed by atoms with van der Waals surface area (Å²) in [6, 6.07) is 11.5. The molecule has 0 atom stereocenters. The van der Waals surface area contributed by atoms with Crippen molar-refractivity contribution in [2.75, 3.05) is 27.6 Å². The van der Waals surface area contributed by atoms with Crippen LogP contribution in [0.2, 0.25) is 0 Å². The Morgan fingerprint density at radius 3 is 2.43 bits per heavy atom. The van der Waals surface area contributed by atoms with Gasteiger partial charge in [-0.2, -0.15) is 0 Å². The quantitative estimate of drug-likeness (QED) is 0.856. The Bertz CT molecular complexity index is 1050. The van der Waals surface area contributed by atoms with Crippen molar-refractivity contribution in [2.45, 2.75) is 31.1 Å². The van der Waals surface area contributed by atoms with Gasteiger partial charge >= 0.3 is 0 Å². The average molecular weight is 399 g/mol. The van der Waals surface area contributed by atoms with Crippen LogP contribution in [-0.4, -0.2) is 33.3 Å². The molecule has 0 aromatic heterocycles. The molecule has 2 aromatic rings. The number of fused-ring (bicyclic) bond motifs is 1. The van der Waals surface area contributed by atoms with Crippen LogP contribution in [0, 0.1) is 0 Å². The first-order valence-corrected chi connectivity index (χ1v) is 10.7. The molecule has 0 saturated carbocycles. The molecule has 146 valence electrons. The van der Waals surface area contributed by atoms with Crippen LogP contribution in [0.4, 0.5) is 17.1 Å². The molecule has 0 bridgehead atoms. The van der Waals surface area contributed by atoms with E-state index in [2.05, 4.69) is 4.72 Å². The number of carbonyl (C=O) groups excluding carboxylic acids is 2. The third-order valence-electron chi connectivity index (χ3n) is 5.15. The highest BCUT2D eigenvalue weighted by molar-refractivity contribution is 7.92. The van der Waals surface area contributed by atoms with Gasteiger partial charge in [-0.05, 0) is 54.8 Å². The summed E-state index contributed by atoms with van der Waals surface area (Å²) in [6.45, 7) is 2.76. The van der Waals surface area contributed by atoms with Gasteiger partial charge in [0.2, 0.25) is 11.8 Å². The molecule has 1 fully saturated rings. The molecule has 0 unspecified atom stereocenters. The van der Waals surface area contributed by atoms with Gasteiger partial charge < -0.3 is 9.80 Å². The summed E-state index contributed by atoms with van der Waals surface area (Å²) in [5.41, 5.74) is 2.88. The van der Waals surface area contributed by atoms with E-state index in [1.807, 2.05) is 6.07 Å². The first kappa shape index (κ1) is 18.5. The smallest absolute Gasteiger partial charge is 0.261 e. The number of sulfonamides is 1. The number of amides is 2. The Hall–Kier alpha value is -2.87. The third-order valence-corrected chi connectivity index (χ3v) is 6.54. The summed E-state index contributed by atoms with van der Waals surface area (Å²) in [6.07, 6.45) is 2.10. The molecule has 28 heavy (non-hydrogen) atoms. The van der Waals surface area contributed by atoms with E-state index < -0.39 is 10.0 Å². The van der Waals surface area contributed by atoms with E-state index in [-0.39, 0.29) is 16.7 Å². The minimum atomic E-state index is -3.78. The van der Waals surface area contributed by atoms with Gasteiger partial charge in [-0.15, -0.1) is 0 Å². The van der Waals surface area contributed by atoms with Crippen molar-refractivity contribution in [3.05, 3.63) is 48.0 Å². The maximum Gasteiger partial charge on any atom is 0.261 e. The second-order valence-electron chi connectivity index (χ2n) is 7.01. The van der Waals surface area contributed by atoms with Gasteiger partial charge in [-0.25, -0.2) is 8.42 Å². The zero-order chi connectivity index (χ0) is 19.9. The zero-order valence-corrected chi connectivity index (χ0v) is 16.3. The molecule has 0 aliphatic carbocycles. The molecule has 4 rings (SSSR count). The van der Waals surface area contributed by atoms with Crippen molar-refractivity contribution in [3.8, 4) is 0 Å². The van der Waals surface area contributed by atoms with Gasteiger partial charge in [0.15, 0.2) is 0 Å². The first-order valence-electron chi connectivity index (χ1n) is 9.19. The van der Waals surface area contributed by atoms with E-state index in [9.17, 15) is 18.0 Å². The van der Waals surface area contributed by atoms with Gasteiger partial charge in [0.25, 0.3) is 10.0 Å². The molecule has 1 saturated heterocycles. The van der Waals surface area contributed by atoms with E-state index in [0.29, 0.717) is 30.9 Å². The molecular weight excluding hydrogens is 378 g/mol. The molecule has 2 aromatic carbocycles. The summed E-state index contributed by atoms with van der Waals surface area (Å²) in [7, 11) is -3.78. The van der Waals surface area contributed by atoms with Crippen molar-refractivity contribution in [3.63, 3.8) is 0 Å². The largest absolute Gasteiger partial charge is 0.312 e. The molecule has 2 aliphatic rings. The van der Waals surface area contributed by atoms with Crippen LogP contribution < -0.4 is 14.5 Å². The lowest BCUT2D eigenvalue weighted by Gasteiger charge is -2.17. The molecule has 2 aliphatic heterocycles. The summed E-state index contributed by atoms with van der Waals surface area (Å²) in [5.74, 6) is -0.00676. The molecule has 7 nitrogen and oxygen atoms in total. The molecular formula is C20H21N3O4S. The van der Waals surface area contributed by atoms with Crippen LogP contribution in [0.5, 0.6) is 0 Å². The number of nitrogens with zero attached hydrogens (tertiary/aromatic N) is 2. The van der Waals surface area contributed by atoms with E-state index in [1.54, 1.807) is 34.1 Å². The standard InChI is InChI=1S/C20H21N3O4S/c1-14(24)22-12-10-15-4-5-16(13-19(15)22)21-28(26,27)18-8-6-17(7-9-18)23-11-2-3-20(23)25/h4-9,13,21H,2-3,10-12H2,1H3. The van der Waals surface area contributed by atoms with Crippen LogP contribution in [-0.2, 0) is 26.0 Å². The topological polar surface area (TPSA) is 86.8 Å². The highest BCUT2D eigenvalue weighted by Gasteiger charge is 2.24. The predicted molar refractivity (Wildman–Crippen MR) is 107 cm³/mol. The Balaban J connectivity index is 1.56. The molecule has 0 radical (unpaired) electrons. The van der Waals surface area contributed by atoms with Crippen LogP contribution in [0.25, 0.3) is 0 Å². The second-order valence-corrected chi connectivity index (χ2v) is 8.69. The van der Waals surface area contributed by atoms with Crippen LogP contribution in [0.1, 0.15) is 25.3 Å². The Kier molecular flexibility index (Phi) is 4.58.